The summed E-state index contributed by atoms with van der Waals surface area (Å²) in [4.78, 5) is 15.3. The van der Waals surface area contributed by atoms with Crippen molar-refractivity contribution in [3.8, 4) is 17.0 Å². The van der Waals surface area contributed by atoms with E-state index >= 15 is 0 Å². The molecule has 1 aromatic carbocycles. The smallest absolute Gasteiger partial charge is 0.290 e. The van der Waals surface area contributed by atoms with Gasteiger partial charge in [0, 0.05) is 55.3 Å². The highest BCUT2D eigenvalue weighted by atomic mass is 16.5. The zero-order valence-electron chi connectivity index (χ0n) is 19.4. The third-order valence-corrected chi connectivity index (χ3v) is 5.32. The highest BCUT2D eigenvalue weighted by Crippen LogP contribution is 2.28. The second-order valence-corrected chi connectivity index (χ2v) is 8.09. The van der Waals surface area contributed by atoms with Gasteiger partial charge in [0.05, 0.1) is 24.1 Å². The topological polar surface area (TPSA) is 89.7 Å². The van der Waals surface area contributed by atoms with Gasteiger partial charge < -0.3 is 14.6 Å². The van der Waals surface area contributed by atoms with Crippen LogP contribution in [0.2, 0.25) is 0 Å². The Morgan fingerprint density at radius 2 is 1.97 bits per heavy atom. The molecule has 3 aromatic rings. The van der Waals surface area contributed by atoms with Crippen LogP contribution in [0.4, 0.5) is 0 Å². The van der Waals surface area contributed by atoms with E-state index in [1.807, 2.05) is 41.5 Å². The van der Waals surface area contributed by atoms with Crippen LogP contribution in [0.3, 0.4) is 0 Å². The largest absolute Gasteiger partial charge is 0.488 e. The number of ether oxygens (including phenoxy) is 2. The Balaban J connectivity index is 0.000000968. The van der Waals surface area contributed by atoms with Crippen LogP contribution in [0, 0.1) is 0 Å². The minimum Gasteiger partial charge on any atom is -0.488 e. The molecule has 176 valence electrons. The third kappa shape index (κ3) is 7.13. The van der Waals surface area contributed by atoms with E-state index in [9.17, 15) is 0 Å². The average Bonchev–Trinajstić information content (AvgIpc) is 3.27. The Morgan fingerprint density at radius 3 is 2.61 bits per heavy atom. The number of carboxylic acid groups (broad SMARTS) is 1. The first-order valence-electron chi connectivity index (χ1n) is 11.2. The molecule has 1 aliphatic rings. The van der Waals surface area contributed by atoms with Gasteiger partial charge in [-0.25, -0.2) is 0 Å². The minimum absolute atomic E-state index is 0.233. The van der Waals surface area contributed by atoms with Gasteiger partial charge >= 0.3 is 0 Å². The van der Waals surface area contributed by atoms with Gasteiger partial charge in [0.25, 0.3) is 6.47 Å². The summed E-state index contributed by atoms with van der Waals surface area (Å²) in [6, 6.07) is 12.4. The van der Waals surface area contributed by atoms with E-state index in [1.54, 1.807) is 0 Å². The van der Waals surface area contributed by atoms with E-state index in [4.69, 9.17) is 19.4 Å². The van der Waals surface area contributed by atoms with Crippen molar-refractivity contribution in [1.29, 1.82) is 0 Å². The first-order chi connectivity index (χ1) is 16.0. The van der Waals surface area contributed by atoms with Crippen LogP contribution in [0.1, 0.15) is 31.9 Å². The number of rotatable bonds is 7. The van der Waals surface area contributed by atoms with Crippen LogP contribution in [0.25, 0.3) is 11.3 Å². The minimum atomic E-state index is -0.250. The molecule has 33 heavy (non-hydrogen) atoms. The molecule has 1 fully saturated rings. The van der Waals surface area contributed by atoms with Crippen molar-refractivity contribution in [2.45, 2.75) is 52.7 Å². The average molecular weight is 453 g/mol. The lowest BCUT2D eigenvalue weighted by atomic mass is 10.1. The highest BCUT2D eigenvalue weighted by molar-refractivity contribution is 5.62. The lowest BCUT2D eigenvalue weighted by Crippen LogP contribution is -2.44. The number of aromatic nitrogens is 3. The highest BCUT2D eigenvalue weighted by Gasteiger charge is 2.23. The fraction of sp³-hybridized carbons (Fsp3) is 0.400. The molecule has 8 heteroatoms. The number of nitrogens with zero attached hydrogens (tertiary/aromatic N) is 4. The SMILES string of the molecule is CCn1cc(COc2ccc(-c3ccccn3)cc2CN2C[C@@H](C)O[C@@H](C)C2)cn1.O=CO. The lowest BCUT2D eigenvalue weighted by Gasteiger charge is -2.35. The maximum Gasteiger partial charge on any atom is 0.290 e. The van der Waals surface area contributed by atoms with E-state index in [0.29, 0.717) is 6.61 Å². The van der Waals surface area contributed by atoms with Crippen molar-refractivity contribution < 1.29 is 19.4 Å². The zero-order chi connectivity index (χ0) is 23.6. The molecule has 2 atom stereocenters. The Labute approximate surface area is 194 Å². The van der Waals surface area contributed by atoms with E-state index < -0.39 is 0 Å². The predicted molar refractivity (Wildman–Crippen MR) is 126 cm³/mol. The molecule has 1 saturated heterocycles. The van der Waals surface area contributed by atoms with Gasteiger partial charge in [-0.3, -0.25) is 19.4 Å². The molecule has 1 aliphatic heterocycles. The standard InChI is InChI=1S/C24H30N4O2.CH2O2/c1-4-28-15-20(12-26-28)17-29-24-9-8-21(23-7-5-6-10-25-23)11-22(24)16-27-13-18(2)30-19(3)14-27;2-1-3/h5-12,15,18-19H,4,13-14,16-17H2,1-3H3;1H,(H,2,3)/t18-,19+;. The van der Waals surface area contributed by atoms with Gasteiger partial charge in [-0.05, 0) is 51.1 Å². The van der Waals surface area contributed by atoms with Crippen molar-refractivity contribution in [3.63, 3.8) is 0 Å². The monoisotopic (exact) mass is 452 g/mol. The number of benzene rings is 1. The molecule has 1 N–H and O–H groups in total. The van der Waals surface area contributed by atoms with Crippen LogP contribution in [-0.4, -0.2) is 56.5 Å². The van der Waals surface area contributed by atoms with Gasteiger partial charge in [0.15, 0.2) is 0 Å². The van der Waals surface area contributed by atoms with Gasteiger partial charge in [0.1, 0.15) is 12.4 Å². The van der Waals surface area contributed by atoms with Gasteiger partial charge in [-0.2, -0.15) is 5.10 Å². The van der Waals surface area contributed by atoms with Crippen LogP contribution in [0.5, 0.6) is 5.75 Å². The number of carbonyl (C=O) groups is 1. The zero-order valence-corrected chi connectivity index (χ0v) is 19.4. The number of hydrogen-bond donors (Lipinski definition) is 1. The van der Waals surface area contributed by atoms with E-state index in [-0.39, 0.29) is 18.7 Å². The summed E-state index contributed by atoms with van der Waals surface area (Å²) in [6.07, 6.45) is 6.20. The fourth-order valence-corrected chi connectivity index (χ4v) is 4.01. The maximum absolute atomic E-state index is 8.36. The second-order valence-electron chi connectivity index (χ2n) is 8.09. The van der Waals surface area contributed by atoms with Gasteiger partial charge in [-0.1, -0.05) is 6.07 Å². The molecule has 0 amide bonds. The summed E-state index contributed by atoms with van der Waals surface area (Å²) >= 11 is 0. The van der Waals surface area contributed by atoms with Crippen LogP contribution >= 0.6 is 0 Å². The van der Waals surface area contributed by atoms with E-state index in [1.165, 1.54) is 5.56 Å². The Kier molecular flexibility index (Phi) is 8.97. The number of morpholine rings is 1. The summed E-state index contributed by atoms with van der Waals surface area (Å²) < 4.78 is 14.1. The molecule has 0 saturated carbocycles. The molecule has 4 rings (SSSR count). The molecule has 0 unspecified atom stereocenters. The molecule has 0 radical (unpaired) electrons. The van der Waals surface area contributed by atoms with Gasteiger partial charge in [0.2, 0.25) is 0 Å². The summed E-state index contributed by atoms with van der Waals surface area (Å²) in [5.41, 5.74) is 4.32. The third-order valence-electron chi connectivity index (χ3n) is 5.32. The molecule has 3 heterocycles. The number of aryl methyl sites for hydroxylation is 1. The van der Waals surface area contributed by atoms with Crippen LogP contribution < -0.4 is 4.74 Å². The van der Waals surface area contributed by atoms with E-state index in [2.05, 4.69) is 54.0 Å². The van der Waals surface area contributed by atoms with Crippen molar-refractivity contribution in [1.82, 2.24) is 19.7 Å². The summed E-state index contributed by atoms with van der Waals surface area (Å²) in [5.74, 6) is 0.908. The molecular weight excluding hydrogens is 420 g/mol. The van der Waals surface area contributed by atoms with Crippen molar-refractivity contribution >= 4 is 6.47 Å². The number of pyridine rings is 1. The van der Waals surface area contributed by atoms with E-state index in [0.717, 1.165) is 48.7 Å². The summed E-state index contributed by atoms with van der Waals surface area (Å²) in [5, 5.41) is 11.2. The predicted octanol–water partition coefficient (Wildman–Crippen LogP) is 3.85. The van der Waals surface area contributed by atoms with Crippen molar-refractivity contribution in [2.24, 2.45) is 0 Å². The Bertz CT molecular complexity index is 999. The number of hydrogen-bond acceptors (Lipinski definition) is 6. The molecular formula is C25H32N4O4. The molecule has 8 nitrogen and oxygen atoms in total. The Hall–Kier alpha value is -3.23. The van der Waals surface area contributed by atoms with Crippen LogP contribution in [0.15, 0.2) is 55.0 Å². The van der Waals surface area contributed by atoms with Crippen molar-refractivity contribution in [2.75, 3.05) is 13.1 Å². The first-order valence-corrected chi connectivity index (χ1v) is 11.2. The maximum atomic E-state index is 8.36. The van der Waals surface area contributed by atoms with Crippen LogP contribution in [-0.2, 0) is 29.2 Å². The summed E-state index contributed by atoms with van der Waals surface area (Å²) in [6.45, 7) is 10.1. The Morgan fingerprint density at radius 1 is 1.21 bits per heavy atom. The fourth-order valence-electron chi connectivity index (χ4n) is 4.01. The van der Waals surface area contributed by atoms with Crippen molar-refractivity contribution in [3.05, 3.63) is 66.1 Å². The normalized spacial score (nSPS) is 18.3. The molecule has 2 aromatic heterocycles. The molecule has 0 spiro atoms. The summed E-state index contributed by atoms with van der Waals surface area (Å²) in [7, 11) is 0. The quantitative estimate of drug-likeness (QED) is 0.545. The first kappa shape index (κ1) is 24.4. The van der Waals surface area contributed by atoms with Gasteiger partial charge in [-0.15, -0.1) is 0 Å². The lowest BCUT2D eigenvalue weighted by molar-refractivity contribution is -0.122. The molecule has 0 aliphatic carbocycles. The molecule has 0 bridgehead atoms. The second kappa shape index (κ2) is 12.1.